The van der Waals surface area contributed by atoms with Crippen LogP contribution in [0.2, 0.25) is 0 Å². The predicted molar refractivity (Wildman–Crippen MR) is 134 cm³/mol. The van der Waals surface area contributed by atoms with E-state index in [4.69, 9.17) is 9.73 Å². The lowest BCUT2D eigenvalue weighted by molar-refractivity contribution is 0.102. The number of carbonyl (C=O) groups excluding carboxylic acids is 1. The first-order valence-corrected chi connectivity index (χ1v) is 11.7. The van der Waals surface area contributed by atoms with Crippen LogP contribution in [0.5, 0.6) is 5.75 Å². The van der Waals surface area contributed by atoms with Gasteiger partial charge in [0, 0.05) is 30.9 Å². The van der Waals surface area contributed by atoms with E-state index < -0.39 is 0 Å². The van der Waals surface area contributed by atoms with Gasteiger partial charge in [-0.05, 0) is 60.6 Å². The zero-order valence-corrected chi connectivity index (χ0v) is 19.8. The topological polar surface area (TPSA) is 53.9 Å². The number of aliphatic imine (C=N–C) groups is 1. The van der Waals surface area contributed by atoms with Crippen molar-refractivity contribution in [2.75, 3.05) is 31.4 Å². The Morgan fingerprint density at radius 3 is 2.66 bits per heavy atom. The normalized spacial score (nSPS) is 15.4. The van der Waals surface area contributed by atoms with Crippen LogP contribution < -0.4 is 15.0 Å². The van der Waals surface area contributed by atoms with E-state index in [2.05, 4.69) is 29.3 Å². The molecule has 1 amide bonds. The Morgan fingerprint density at radius 1 is 1.19 bits per heavy atom. The lowest BCUT2D eigenvalue weighted by atomic mass is 9.88. The molecule has 0 saturated carbocycles. The van der Waals surface area contributed by atoms with Crippen LogP contribution in [0.1, 0.15) is 39.7 Å². The second-order valence-electron chi connectivity index (χ2n) is 8.43. The molecular formula is C26H29N3O2S. The molecule has 3 aromatic rings. The molecule has 1 aliphatic rings. The van der Waals surface area contributed by atoms with E-state index in [9.17, 15) is 4.79 Å². The van der Waals surface area contributed by atoms with E-state index in [-0.39, 0.29) is 5.91 Å². The lowest BCUT2D eigenvalue weighted by Gasteiger charge is -2.18. The fourth-order valence-electron chi connectivity index (χ4n) is 3.99. The monoisotopic (exact) mass is 447 g/mol. The fraction of sp³-hybridized carbons (Fsp3) is 0.308. The Kier molecular flexibility index (Phi) is 6.61. The summed E-state index contributed by atoms with van der Waals surface area (Å²) in [6.45, 7) is 2.27. The molecule has 0 aliphatic heterocycles. The van der Waals surface area contributed by atoms with Gasteiger partial charge in [0.15, 0.2) is 0 Å². The highest BCUT2D eigenvalue weighted by atomic mass is 32.1. The van der Waals surface area contributed by atoms with Crippen molar-refractivity contribution >= 4 is 39.8 Å². The van der Waals surface area contributed by atoms with Crippen molar-refractivity contribution < 1.29 is 9.53 Å². The minimum atomic E-state index is -0.128. The molecule has 0 radical (unpaired) electrons. The van der Waals surface area contributed by atoms with Crippen LogP contribution in [0.4, 0.5) is 16.4 Å². The van der Waals surface area contributed by atoms with Gasteiger partial charge in [-0.25, -0.2) is 4.99 Å². The minimum absolute atomic E-state index is 0.128. The summed E-state index contributed by atoms with van der Waals surface area (Å²) in [5.41, 5.74) is 4.66. The van der Waals surface area contributed by atoms with Crippen molar-refractivity contribution in [2.45, 2.75) is 26.2 Å². The van der Waals surface area contributed by atoms with Crippen molar-refractivity contribution in [1.29, 1.82) is 0 Å². The molecule has 1 heterocycles. The van der Waals surface area contributed by atoms with Crippen molar-refractivity contribution in [2.24, 2.45) is 10.9 Å². The third-order valence-corrected chi connectivity index (χ3v) is 6.98. The van der Waals surface area contributed by atoms with Gasteiger partial charge in [-0.3, -0.25) is 4.79 Å². The lowest BCUT2D eigenvalue weighted by Crippen LogP contribution is -2.17. The van der Waals surface area contributed by atoms with E-state index in [1.165, 1.54) is 4.88 Å². The molecule has 1 atom stereocenters. The molecule has 4 rings (SSSR count). The molecule has 32 heavy (non-hydrogen) atoms. The Morgan fingerprint density at radius 2 is 1.94 bits per heavy atom. The molecule has 166 valence electrons. The van der Waals surface area contributed by atoms with Crippen LogP contribution in [0, 0.1) is 5.92 Å². The third-order valence-electron chi connectivity index (χ3n) is 5.82. The van der Waals surface area contributed by atoms with Crippen LogP contribution in [0.25, 0.3) is 0 Å². The summed E-state index contributed by atoms with van der Waals surface area (Å²) in [7, 11) is 5.65. The maximum atomic E-state index is 13.4. The number of carbonyl (C=O) groups is 1. The number of methoxy groups -OCH3 is 1. The summed E-state index contributed by atoms with van der Waals surface area (Å²) >= 11 is 1.64. The summed E-state index contributed by atoms with van der Waals surface area (Å²) in [6.07, 6.45) is 4.85. The minimum Gasteiger partial charge on any atom is -0.495 e. The number of hydrogen-bond acceptors (Lipinski definition) is 5. The number of nitrogens with one attached hydrogen (secondary N) is 1. The van der Waals surface area contributed by atoms with Crippen LogP contribution in [-0.2, 0) is 12.8 Å². The molecule has 1 aliphatic carbocycles. The Balaban J connectivity index is 1.67. The number of ether oxygens (including phenoxy) is 1. The van der Waals surface area contributed by atoms with E-state index >= 15 is 0 Å². The van der Waals surface area contributed by atoms with E-state index in [1.807, 2.05) is 56.7 Å². The van der Waals surface area contributed by atoms with Crippen LogP contribution in [0.3, 0.4) is 0 Å². The summed E-state index contributed by atoms with van der Waals surface area (Å²) in [4.78, 5) is 21.5. The van der Waals surface area contributed by atoms with E-state index in [0.29, 0.717) is 22.9 Å². The molecule has 0 fully saturated rings. The van der Waals surface area contributed by atoms with Gasteiger partial charge in [0.25, 0.3) is 5.91 Å². The molecule has 5 nitrogen and oxygen atoms in total. The summed E-state index contributed by atoms with van der Waals surface area (Å²) < 4.78 is 5.41. The number of thiophene rings is 1. The predicted octanol–water partition coefficient (Wildman–Crippen LogP) is 5.95. The number of rotatable bonds is 6. The zero-order chi connectivity index (χ0) is 22.7. The highest BCUT2D eigenvalue weighted by Crippen LogP contribution is 2.41. The van der Waals surface area contributed by atoms with Gasteiger partial charge in [0.2, 0.25) is 0 Å². The molecular weight excluding hydrogens is 418 g/mol. The molecule has 1 N–H and O–H groups in total. The first-order valence-electron chi connectivity index (χ1n) is 10.9. The average Bonchev–Trinajstić information content (AvgIpc) is 3.15. The quantitative estimate of drug-likeness (QED) is 0.475. The average molecular weight is 448 g/mol. The smallest absolute Gasteiger partial charge is 0.259 e. The number of benzene rings is 2. The molecule has 2 aromatic carbocycles. The first kappa shape index (κ1) is 22.1. The Hall–Kier alpha value is -3.12. The van der Waals surface area contributed by atoms with Crippen molar-refractivity contribution in [1.82, 2.24) is 0 Å². The SMILES string of the molecule is COc1ccccc1NC(=O)c1c(N=Cc2ccc(N(C)C)cc2)sc2c1CCC(C)C2. The third kappa shape index (κ3) is 4.70. The highest BCUT2D eigenvalue weighted by Gasteiger charge is 2.27. The van der Waals surface area contributed by atoms with Gasteiger partial charge in [0.1, 0.15) is 10.8 Å². The largest absolute Gasteiger partial charge is 0.495 e. The van der Waals surface area contributed by atoms with Crippen LogP contribution in [0.15, 0.2) is 53.5 Å². The Bertz CT molecular complexity index is 1130. The standard InChI is InChI=1S/C26H29N3O2S/c1-17-9-14-20-23(15-17)32-26(27-16-18-10-12-19(13-11-18)29(2)3)24(20)25(30)28-21-7-5-6-8-22(21)31-4/h5-8,10-13,16-17H,9,14-15H2,1-4H3,(H,28,30). The van der Waals surface area contributed by atoms with Crippen molar-refractivity contribution in [3.05, 3.63) is 70.1 Å². The molecule has 0 saturated heterocycles. The second kappa shape index (κ2) is 9.57. The zero-order valence-electron chi connectivity index (χ0n) is 19.0. The fourth-order valence-corrected chi connectivity index (χ4v) is 5.34. The number of para-hydroxylation sites is 2. The molecule has 0 spiro atoms. The maximum Gasteiger partial charge on any atom is 0.259 e. The number of nitrogens with zero attached hydrogens (tertiary/aromatic N) is 2. The number of amides is 1. The maximum absolute atomic E-state index is 13.4. The van der Waals surface area contributed by atoms with Gasteiger partial charge in [-0.1, -0.05) is 31.2 Å². The highest BCUT2D eigenvalue weighted by molar-refractivity contribution is 7.16. The summed E-state index contributed by atoms with van der Waals surface area (Å²) in [5.74, 6) is 1.14. The summed E-state index contributed by atoms with van der Waals surface area (Å²) in [5, 5.41) is 3.82. The molecule has 1 unspecified atom stereocenters. The van der Waals surface area contributed by atoms with Gasteiger partial charge in [-0.15, -0.1) is 11.3 Å². The first-order chi connectivity index (χ1) is 15.5. The van der Waals surface area contributed by atoms with Crippen LogP contribution in [-0.4, -0.2) is 33.3 Å². The molecule has 1 aromatic heterocycles. The second-order valence-corrected chi connectivity index (χ2v) is 9.51. The number of hydrogen-bond donors (Lipinski definition) is 1. The van der Waals surface area contributed by atoms with Gasteiger partial charge < -0.3 is 15.0 Å². The van der Waals surface area contributed by atoms with Crippen molar-refractivity contribution in [3.8, 4) is 5.75 Å². The van der Waals surface area contributed by atoms with E-state index in [1.54, 1.807) is 18.4 Å². The van der Waals surface area contributed by atoms with Gasteiger partial charge in [-0.2, -0.15) is 0 Å². The molecule has 0 bridgehead atoms. The number of anilines is 2. The molecule has 6 heteroatoms. The van der Waals surface area contributed by atoms with E-state index in [0.717, 1.165) is 41.1 Å². The van der Waals surface area contributed by atoms with Gasteiger partial charge >= 0.3 is 0 Å². The Labute approximate surface area is 193 Å². The number of fused-ring (bicyclic) bond motifs is 1. The van der Waals surface area contributed by atoms with Crippen molar-refractivity contribution in [3.63, 3.8) is 0 Å². The van der Waals surface area contributed by atoms with Gasteiger partial charge in [0.05, 0.1) is 18.4 Å². The summed E-state index contributed by atoms with van der Waals surface area (Å²) in [6, 6.07) is 15.7. The van der Waals surface area contributed by atoms with Crippen LogP contribution >= 0.6 is 11.3 Å².